The zero-order valence-corrected chi connectivity index (χ0v) is 7.94. The lowest BCUT2D eigenvalue weighted by Gasteiger charge is -1.94. The Balaban J connectivity index is 3.07. The highest BCUT2D eigenvalue weighted by Gasteiger charge is 1.95. The van der Waals surface area contributed by atoms with Crippen LogP contribution < -0.4 is 5.73 Å². The Morgan fingerprint density at radius 1 is 1.80 bits per heavy atom. The molecule has 0 saturated carbocycles. The number of nitrogens with two attached hydrogens (primary N) is 1. The minimum Gasteiger partial charge on any atom is -0.389 e. The third-order valence-corrected chi connectivity index (χ3v) is 1.73. The fourth-order valence-electron chi connectivity index (χ4n) is 0.504. The van der Waals surface area contributed by atoms with Gasteiger partial charge in [-0.25, -0.2) is 0 Å². The lowest BCUT2D eigenvalue weighted by Crippen LogP contribution is -2.09. The Kier molecular flexibility index (Phi) is 2.56. The van der Waals surface area contributed by atoms with E-state index in [1.807, 2.05) is 6.07 Å². The highest BCUT2D eigenvalue weighted by molar-refractivity contribution is 14.1. The summed E-state index contributed by atoms with van der Waals surface area (Å²) in [6.45, 7) is 0. The number of aromatic nitrogens is 1. The maximum Gasteiger partial charge on any atom is 0.105 e. The number of rotatable bonds is 1. The first kappa shape index (κ1) is 7.87. The van der Waals surface area contributed by atoms with Crippen molar-refractivity contribution in [2.45, 2.75) is 0 Å². The van der Waals surface area contributed by atoms with Crippen LogP contribution in [0.4, 0.5) is 0 Å². The van der Waals surface area contributed by atoms with Gasteiger partial charge >= 0.3 is 0 Å². The number of halogens is 1. The van der Waals surface area contributed by atoms with Crippen molar-refractivity contribution in [3.05, 3.63) is 27.6 Å². The summed E-state index contributed by atoms with van der Waals surface area (Å²) in [5, 5.41) is 0. The minimum atomic E-state index is 0.374. The molecule has 0 unspecified atom stereocenters. The lowest BCUT2D eigenvalue weighted by molar-refractivity contribution is 1.28. The topological polar surface area (TPSA) is 38.9 Å². The maximum absolute atomic E-state index is 5.36. The van der Waals surface area contributed by atoms with Crippen molar-refractivity contribution in [1.82, 2.24) is 4.98 Å². The van der Waals surface area contributed by atoms with E-state index in [9.17, 15) is 0 Å². The molecule has 0 aliphatic carbocycles. The molecule has 2 N–H and O–H groups in total. The number of pyridine rings is 1. The van der Waals surface area contributed by atoms with Gasteiger partial charge in [0.1, 0.15) is 11.2 Å². The molecule has 2 nitrogen and oxygen atoms in total. The molecule has 1 heterocycles. The molecule has 0 aromatic carbocycles. The molecule has 10 heavy (non-hydrogen) atoms. The Hall–Kier alpha value is -0.230. The molecule has 0 saturated heterocycles. The average Bonchev–Trinajstić information content (AvgIpc) is 1.88. The number of hydrogen-bond acceptors (Lipinski definition) is 2. The molecule has 0 amide bonds. The van der Waals surface area contributed by atoms with E-state index in [0.29, 0.717) is 4.99 Å². The first-order chi connectivity index (χ1) is 4.70. The summed E-state index contributed by atoms with van der Waals surface area (Å²) in [5.41, 5.74) is 6.15. The normalized spacial score (nSPS) is 9.30. The van der Waals surface area contributed by atoms with Crippen LogP contribution in [0.25, 0.3) is 0 Å². The number of hydrogen-bond donors (Lipinski definition) is 1. The zero-order valence-electron chi connectivity index (χ0n) is 4.97. The summed E-state index contributed by atoms with van der Waals surface area (Å²) >= 11 is 6.85. The summed E-state index contributed by atoms with van der Waals surface area (Å²) in [6, 6.07) is 1.84. The number of nitrogens with zero attached hydrogens (tertiary/aromatic N) is 1. The average molecular weight is 263 g/mol. The van der Waals surface area contributed by atoms with Gasteiger partial charge in [-0.15, -0.1) is 0 Å². The fourth-order valence-corrected chi connectivity index (χ4v) is 1.09. The molecule has 0 bridgehead atoms. The Morgan fingerprint density at radius 3 is 2.90 bits per heavy atom. The quantitative estimate of drug-likeness (QED) is 0.609. The molecular weight excluding hydrogens is 259 g/mol. The van der Waals surface area contributed by atoms with Gasteiger partial charge < -0.3 is 5.73 Å². The second-order valence-electron chi connectivity index (χ2n) is 1.68. The van der Waals surface area contributed by atoms with Gasteiger partial charge in [0.25, 0.3) is 0 Å². The summed E-state index contributed by atoms with van der Waals surface area (Å²) in [4.78, 5) is 4.18. The van der Waals surface area contributed by atoms with Crippen LogP contribution in [-0.2, 0) is 0 Å². The van der Waals surface area contributed by atoms with E-state index in [2.05, 4.69) is 33.8 Å². The second-order valence-corrected chi connectivity index (χ2v) is 3.28. The SMILES string of the molecule is NC(=S)c1cn[c]c(I)c1. The molecule has 0 atom stereocenters. The van der Waals surface area contributed by atoms with Crippen LogP contribution in [0.5, 0.6) is 0 Å². The summed E-state index contributed by atoms with van der Waals surface area (Å²) < 4.78 is 0.919. The molecule has 0 aliphatic rings. The molecule has 0 fully saturated rings. The van der Waals surface area contributed by atoms with Crippen molar-refractivity contribution in [1.29, 1.82) is 0 Å². The van der Waals surface area contributed by atoms with Crippen LogP contribution in [0.2, 0.25) is 0 Å². The van der Waals surface area contributed by atoms with Crippen LogP contribution in [-0.4, -0.2) is 9.97 Å². The van der Waals surface area contributed by atoms with E-state index >= 15 is 0 Å². The fraction of sp³-hybridized carbons (Fsp3) is 0. The van der Waals surface area contributed by atoms with Gasteiger partial charge in [0.05, 0.1) is 0 Å². The monoisotopic (exact) mass is 263 g/mol. The number of thiocarbonyl (C=S) groups is 1. The summed E-state index contributed by atoms with van der Waals surface area (Å²) in [5.74, 6) is 0. The first-order valence-electron chi connectivity index (χ1n) is 2.53. The Morgan fingerprint density at radius 2 is 2.50 bits per heavy atom. The summed E-state index contributed by atoms with van der Waals surface area (Å²) in [7, 11) is 0. The van der Waals surface area contributed by atoms with E-state index in [1.54, 1.807) is 6.20 Å². The third-order valence-electron chi connectivity index (χ3n) is 0.942. The van der Waals surface area contributed by atoms with Crippen LogP contribution in [0.15, 0.2) is 12.3 Å². The van der Waals surface area contributed by atoms with E-state index in [-0.39, 0.29) is 0 Å². The van der Waals surface area contributed by atoms with Crippen LogP contribution in [0.1, 0.15) is 5.56 Å². The maximum atomic E-state index is 5.36. The van der Waals surface area contributed by atoms with Crippen molar-refractivity contribution < 1.29 is 0 Å². The predicted molar refractivity (Wildman–Crippen MR) is 51.7 cm³/mol. The Bertz CT molecular complexity index is 262. The van der Waals surface area contributed by atoms with E-state index in [1.165, 1.54) is 0 Å². The van der Waals surface area contributed by atoms with E-state index in [0.717, 1.165) is 9.13 Å². The largest absolute Gasteiger partial charge is 0.389 e. The first-order valence-corrected chi connectivity index (χ1v) is 4.02. The lowest BCUT2D eigenvalue weighted by atomic mass is 10.3. The molecule has 1 radical (unpaired) electrons. The van der Waals surface area contributed by atoms with Gasteiger partial charge in [-0.05, 0) is 28.7 Å². The van der Waals surface area contributed by atoms with Crippen molar-refractivity contribution in [3.8, 4) is 0 Å². The smallest absolute Gasteiger partial charge is 0.105 e. The molecule has 0 spiro atoms. The molecular formula is C6H4IN2S. The molecule has 1 rings (SSSR count). The van der Waals surface area contributed by atoms with Crippen molar-refractivity contribution in [3.63, 3.8) is 0 Å². The molecule has 1 aromatic heterocycles. The van der Waals surface area contributed by atoms with Crippen LogP contribution in [0.3, 0.4) is 0 Å². The molecule has 51 valence electrons. The van der Waals surface area contributed by atoms with Crippen LogP contribution >= 0.6 is 34.8 Å². The molecule has 4 heteroatoms. The van der Waals surface area contributed by atoms with Crippen molar-refractivity contribution >= 4 is 39.8 Å². The second kappa shape index (κ2) is 3.25. The van der Waals surface area contributed by atoms with Gasteiger partial charge in [0, 0.05) is 15.3 Å². The van der Waals surface area contributed by atoms with E-state index in [4.69, 9.17) is 18.0 Å². The standard InChI is InChI=1S/C6H4IN2S/c7-5-1-4(6(8)10)2-9-3-5/h1-2H,(H2,8,10). The van der Waals surface area contributed by atoms with E-state index < -0.39 is 0 Å². The van der Waals surface area contributed by atoms with Gasteiger partial charge in [-0.1, -0.05) is 12.2 Å². The van der Waals surface area contributed by atoms with Crippen molar-refractivity contribution in [2.24, 2.45) is 5.73 Å². The summed E-state index contributed by atoms with van der Waals surface area (Å²) in [6.07, 6.45) is 4.35. The van der Waals surface area contributed by atoms with Gasteiger partial charge in [0.2, 0.25) is 0 Å². The van der Waals surface area contributed by atoms with Crippen LogP contribution in [0, 0.1) is 9.77 Å². The Labute approximate surface area is 78.0 Å². The minimum absolute atomic E-state index is 0.374. The molecule has 1 aromatic rings. The van der Waals surface area contributed by atoms with Gasteiger partial charge in [-0.3, -0.25) is 4.98 Å². The zero-order chi connectivity index (χ0) is 7.56. The van der Waals surface area contributed by atoms with Gasteiger partial charge in [0.15, 0.2) is 0 Å². The highest BCUT2D eigenvalue weighted by atomic mass is 127. The predicted octanol–water partition coefficient (Wildman–Crippen LogP) is 1.12. The third kappa shape index (κ3) is 1.88. The van der Waals surface area contributed by atoms with Crippen molar-refractivity contribution in [2.75, 3.05) is 0 Å². The highest BCUT2D eigenvalue weighted by Crippen LogP contribution is 2.03. The molecule has 0 aliphatic heterocycles. The van der Waals surface area contributed by atoms with Gasteiger partial charge in [-0.2, -0.15) is 0 Å².